The standard InChI is InChI=1S/C19H17N3O2S/c1-13-2-4-14(5-3-13)11-20-22-19-21-16(12-25-19)15-6-7-17-18(10-15)24-9-8-23-17/h2-7,10-12H,8-9H2,1H3,(H,21,22)/b20-11+. The van der Waals surface area contributed by atoms with Gasteiger partial charge in [0.2, 0.25) is 5.13 Å². The Morgan fingerprint density at radius 3 is 2.72 bits per heavy atom. The van der Waals surface area contributed by atoms with Gasteiger partial charge < -0.3 is 9.47 Å². The van der Waals surface area contributed by atoms with Crippen LogP contribution in [0.2, 0.25) is 0 Å². The topological polar surface area (TPSA) is 55.7 Å². The molecule has 6 heteroatoms. The second kappa shape index (κ2) is 6.94. The molecule has 1 aromatic heterocycles. The number of hydrogen-bond donors (Lipinski definition) is 1. The molecule has 0 radical (unpaired) electrons. The predicted molar refractivity (Wildman–Crippen MR) is 101 cm³/mol. The van der Waals surface area contributed by atoms with Gasteiger partial charge in [-0.2, -0.15) is 5.10 Å². The lowest BCUT2D eigenvalue weighted by molar-refractivity contribution is 0.171. The van der Waals surface area contributed by atoms with Crippen LogP contribution in [0.5, 0.6) is 11.5 Å². The normalized spacial score (nSPS) is 13.2. The number of hydrazone groups is 1. The van der Waals surface area contributed by atoms with E-state index in [0.29, 0.717) is 13.2 Å². The number of aromatic nitrogens is 1. The Kier molecular flexibility index (Phi) is 4.35. The molecule has 0 unspecified atom stereocenters. The lowest BCUT2D eigenvalue weighted by atomic mass is 10.1. The first-order valence-corrected chi connectivity index (χ1v) is 8.87. The van der Waals surface area contributed by atoms with Crippen LogP contribution in [-0.2, 0) is 0 Å². The van der Waals surface area contributed by atoms with E-state index in [9.17, 15) is 0 Å². The Morgan fingerprint density at radius 1 is 1.08 bits per heavy atom. The maximum absolute atomic E-state index is 5.63. The maximum atomic E-state index is 5.63. The van der Waals surface area contributed by atoms with Crippen LogP contribution in [0.4, 0.5) is 5.13 Å². The van der Waals surface area contributed by atoms with Gasteiger partial charge in [-0.05, 0) is 30.7 Å². The van der Waals surface area contributed by atoms with Crippen LogP contribution in [0.25, 0.3) is 11.3 Å². The van der Waals surface area contributed by atoms with Crippen LogP contribution in [0.15, 0.2) is 52.9 Å². The molecule has 0 saturated heterocycles. The molecule has 2 aromatic carbocycles. The van der Waals surface area contributed by atoms with Crippen molar-refractivity contribution in [1.29, 1.82) is 0 Å². The molecule has 5 nitrogen and oxygen atoms in total. The fourth-order valence-corrected chi connectivity index (χ4v) is 3.14. The van der Waals surface area contributed by atoms with Crippen molar-refractivity contribution in [2.75, 3.05) is 18.6 Å². The van der Waals surface area contributed by atoms with Crippen molar-refractivity contribution in [3.8, 4) is 22.8 Å². The molecule has 0 atom stereocenters. The second-order valence-electron chi connectivity index (χ2n) is 5.68. The van der Waals surface area contributed by atoms with E-state index in [0.717, 1.165) is 33.5 Å². The summed E-state index contributed by atoms with van der Waals surface area (Å²) in [5.41, 5.74) is 7.14. The van der Waals surface area contributed by atoms with Crippen molar-refractivity contribution in [2.24, 2.45) is 5.10 Å². The summed E-state index contributed by atoms with van der Waals surface area (Å²) in [6.45, 7) is 3.23. The molecule has 1 aliphatic heterocycles. The van der Waals surface area contributed by atoms with Crippen LogP contribution < -0.4 is 14.9 Å². The molecule has 0 spiro atoms. The van der Waals surface area contributed by atoms with Gasteiger partial charge in [-0.1, -0.05) is 29.8 Å². The molecule has 0 bridgehead atoms. The summed E-state index contributed by atoms with van der Waals surface area (Å²) in [5.74, 6) is 1.55. The molecule has 0 aliphatic carbocycles. The van der Waals surface area contributed by atoms with Crippen LogP contribution >= 0.6 is 11.3 Å². The predicted octanol–water partition coefficient (Wildman–Crippen LogP) is 4.34. The van der Waals surface area contributed by atoms with Gasteiger partial charge in [0.1, 0.15) is 13.2 Å². The first-order chi connectivity index (χ1) is 12.3. The third-order valence-electron chi connectivity index (χ3n) is 3.79. The SMILES string of the molecule is Cc1ccc(/C=N/Nc2nc(-c3ccc4c(c3)OCCO4)cs2)cc1. The third kappa shape index (κ3) is 3.64. The van der Waals surface area contributed by atoms with Crippen LogP contribution in [0, 0.1) is 6.92 Å². The van der Waals surface area contributed by atoms with Gasteiger partial charge in [0.05, 0.1) is 11.9 Å². The highest BCUT2D eigenvalue weighted by Gasteiger charge is 2.13. The summed E-state index contributed by atoms with van der Waals surface area (Å²) in [7, 11) is 0. The molecule has 3 aromatic rings. The molecule has 0 saturated carbocycles. The number of thiazole rings is 1. The van der Waals surface area contributed by atoms with Crippen LogP contribution in [0.1, 0.15) is 11.1 Å². The molecule has 0 amide bonds. The molecule has 25 heavy (non-hydrogen) atoms. The Morgan fingerprint density at radius 2 is 1.88 bits per heavy atom. The Balaban J connectivity index is 1.46. The highest BCUT2D eigenvalue weighted by molar-refractivity contribution is 7.14. The molecule has 126 valence electrons. The van der Waals surface area contributed by atoms with Crippen LogP contribution in [0.3, 0.4) is 0 Å². The van der Waals surface area contributed by atoms with E-state index in [1.807, 2.05) is 35.7 Å². The molecule has 0 fully saturated rings. The van der Waals surface area contributed by atoms with E-state index in [1.165, 1.54) is 16.9 Å². The first-order valence-electron chi connectivity index (χ1n) is 7.99. The minimum Gasteiger partial charge on any atom is -0.486 e. The Labute approximate surface area is 150 Å². The van der Waals surface area contributed by atoms with E-state index < -0.39 is 0 Å². The zero-order chi connectivity index (χ0) is 17.1. The summed E-state index contributed by atoms with van der Waals surface area (Å²) in [4.78, 5) is 4.57. The van der Waals surface area contributed by atoms with E-state index >= 15 is 0 Å². The monoisotopic (exact) mass is 351 g/mol. The smallest absolute Gasteiger partial charge is 0.203 e. The number of hydrogen-bond acceptors (Lipinski definition) is 6. The molecule has 2 heterocycles. The van der Waals surface area contributed by atoms with Gasteiger partial charge in [0.15, 0.2) is 11.5 Å². The zero-order valence-electron chi connectivity index (χ0n) is 13.7. The van der Waals surface area contributed by atoms with Crippen molar-refractivity contribution >= 4 is 22.7 Å². The van der Waals surface area contributed by atoms with E-state index in [-0.39, 0.29) is 0 Å². The number of aryl methyl sites for hydroxylation is 1. The summed E-state index contributed by atoms with van der Waals surface area (Å²) in [6, 6.07) is 14.1. The lowest BCUT2D eigenvalue weighted by Gasteiger charge is -2.18. The van der Waals surface area contributed by atoms with Gasteiger partial charge in [0.25, 0.3) is 0 Å². The van der Waals surface area contributed by atoms with Crippen molar-refractivity contribution in [3.63, 3.8) is 0 Å². The number of nitrogens with one attached hydrogen (secondary N) is 1. The number of ether oxygens (including phenoxy) is 2. The van der Waals surface area contributed by atoms with Gasteiger partial charge in [-0.25, -0.2) is 4.98 Å². The summed E-state index contributed by atoms with van der Waals surface area (Å²) in [5, 5.41) is 6.99. The van der Waals surface area contributed by atoms with E-state index in [4.69, 9.17) is 9.47 Å². The maximum Gasteiger partial charge on any atom is 0.203 e. The summed E-state index contributed by atoms with van der Waals surface area (Å²) in [6.07, 6.45) is 1.78. The van der Waals surface area contributed by atoms with Crippen molar-refractivity contribution in [1.82, 2.24) is 4.98 Å². The minimum atomic E-state index is 0.577. The Hall–Kier alpha value is -2.86. The number of benzene rings is 2. The average molecular weight is 351 g/mol. The highest BCUT2D eigenvalue weighted by atomic mass is 32.1. The molecular formula is C19H17N3O2S. The van der Waals surface area contributed by atoms with Crippen molar-refractivity contribution < 1.29 is 9.47 Å². The van der Waals surface area contributed by atoms with E-state index in [2.05, 4.69) is 34.6 Å². The molecular weight excluding hydrogens is 334 g/mol. The first kappa shape index (κ1) is 15.7. The van der Waals surface area contributed by atoms with E-state index in [1.54, 1.807) is 6.21 Å². The lowest BCUT2D eigenvalue weighted by Crippen LogP contribution is -2.15. The highest BCUT2D eigenvalue weighted by Crippen LogP contribution is 2.35. The number of fused-ring (bicyclic) bond motifs is 1. The molecule has 1 aliphatic rings. The van der Waals surface area contributed by atoms with Gasteiger partial charge in [-0.15, -0.1) is 11.3 Å². The van der Waals surface area contributed by atoms with Crippen molar-refractivity contribution in [2.45, 2.75) is 6.92 Å². The fourth-order valence-electron chi connectivity index (χ4n) is 2.47. The number of anilines is 1. The van der Waals surface area contributed by atoms with Crippen molar-refractivity contribution in [3.05, 3.63) is 59.0 Å². The largest absolute Gasteiger partial charge is 0.486 e. The third-order valence-corrected chi connectivity index (χ3v) is 4.54. The summed E-state index contributed by atoms with van der Waals surface area (Å²) < 4.78 is 11.2. The number of nitrogens with zero attached hydrogens (tertiary/aromatic N) is 2. The fraction of sp³-hybridized carbons (Fsp3) is 0.158. The van der Waals surface area contributed by atoms with Gasteiger partial charge >= 0.3 is 0 Å². The molecule has 4 rings (SSSR count). The average Bonchev–Trinajstić information content (AvgIpc) is 3.12. The number of rotatable bonds is 4. The minimum absolute atomic E-state index is 0.577. The molecule has 1 N–H and O–H groups in total. The van der Waals surface area contributed by atoms with Crippen LogP contribution in [-0.4, -0.2) is 24.4 Å². The Bertz CT molecular complexity index is 903. The summed E-state index contributed by atoms with van der Waals surface area (Å²) >= 11 is 1.51. The second-order valence-corrected chi connectivity index (χ2v) is 6.54. The quantitative estimate of drug-likeness (QED) is 0.561. The van der Waals surface area contributed by atoms with Gasteiger partial charge in [0, 0.05) is 10.9 Å². The zero-order valence-corrected chi connectivity index (χ0v) is 14.5. The van der Waals surface area contributed by atoms with Gasteiger partial charge in [-0.3, -0.25) is 5.43 Å².